The van der Waals surface area contributed by atoms with E-state index in [1.807, 2.05) is 19.1 Å². The average Bonchev–Trinajstić information content (AvgIpc) is 2.30. The maximum atomic E-state index is 9.65. The first kappa shape index (κ1) is 16.8. The molecule has 17 heavy (non-hydrogen) atoms. The van der Waals surface area contributed by atoms with E-state index in [1.165, 1.54) is 19.3 Å². The number of nitrogens with one attached hydrogen (secondary N) is 1. The van der Waals surface area contributed by atoms with Crippen LogP contribution in [0.4, 0.5) is 0 Å². The van der Waals surface area contributed by atoms with Gasteiger partial charge in [-0.1, -0.05) is 33.1 Å². The van der Waals surface area contributed by atoms with Crippen LogP contribution in [-0.2, 0) is 4.74 Å². The smallest absolute Gasteiger partial charge is 0.0911 e. The van der Waals surface area contributed by atoms with Crippen LogP contribution in [0.1, 0.15) is 39.5 Å². The monoisotopic (exact) mass is 246 g/mol. The molecule has 0 fully saturated rings. The predicted molar refractivity (Wildman–Crippen MR) is 71.8 cm³/mol. The Kier molecular flexibility index (Phi) is 10.9. The zero-order chi connectivity index (χ0) is 13.1. The Morgan fingerprint density at radius 2 is 1.94 bits per heavy atom. The first-order valence-corrected chi connectivity index (χ1v) is 6.76. The summed E-state index contributed by atoms with van der Waals surface area (Å²) in [7, 11) is 3.82. The normalized spacial score (nSPS) is 15.2. The van der Waals surface area contributed by atoms with Gasteiger partial charge >= 0.3 is 0 Å². The standard InChI is InChI=1S/C13H30N2O2/c1-5-7-8-12(6-2)10-17-11-13(16)9-14-15(3)4/h12-14,16H,5-11H2,1-4H3. The third-order valence-corrected chi connectivity index (χ3v) is 2.85. The number of ether oxygens (including phenoxy) is 1. The molecule has 0 aromatic heterocycles. The fraction of sp³-hybridized carbons (Fsp3) is 1.00. The van der Waals surface area contributed by atoms with Crippen LogP contribution in [0.15, 0.2) is 0 Å². The van der Waals surface area contributed by atoms with Crippen molar-refractivity contribution in [2.24, 2.45) is 5.92 Å². The van der Waals surface area contributed by atoms with Crippen LogP contribution in [0, 0.1) is 5.92 Å². The molecule has 0 radical (unpaired) electrons. The summed E-state index contributed by atoms with van der Waals surface area (Å²) in [5.74, 6) is 0.643. The fourth-order valence-corrected chi connectivity index (χ4v) is 1.62. The largest absolute Gasteiger partial charge is 0.389 e. The van der Waals surface area contributed by atoms with Gasteiger partial charge in [-0.2, -0.15) is 0 Å². The molecule has 0 aromatic carbocycles. The molecule has 0 aromatic rings. The van der Waals surface area contributed by atoms with Crippen molar-refractivity contribution in [2.75, 3.05) is 33.9 Å². The maximum Gasteiger partial charge on any atom is 0.0911 e. The van der Waals surface area contributed by atoms with Gasteiger partial charge in [-0.15, -0.1) is 0 Å². The summed E-state index contributed by atoms with van der Waals surface area (Å²) >= 11 is 0. The molecule has 104 valence electrons. The minimum absolute atomic E-state index is 0.420. The van der Waals surface area contributed by atoms with Gasteiger partial charge in [-0.25, -0.2) is 0 Å². The van der Waals surface area contributed by atoms with Crippen LogP contribution in [0.25, 0.3) is 0 Å². The quantitative estimate of drug-likeness (QED) is 0.544. The molecular formula is C13H30N2O2. The summed E-state index contributed by atoms with van der Waals surface area (Å²) in [6.07, 6.45) is 4.48. The van der Waals surface area contributed by atoms with E-state index < -0.39 is 6.10 Å². The molecule has 0 spiro atoms. The summed E-state index contributed by atoms with van der Waals surface area (Å²) in [6, 6.07) is 0. The molecule has 0 rings (SSSR count). The zero-order valence-corrected chi connectivity index (χ0v) is 11.9. The number of hydrogen-bond acceptors (Lipinski definition) is 4. The van der Waals surface area contributed by atoms with E-state index in [2.05, 4.69) is 19.3 Å². The molecule has 0 aliphatic heterocycles. The predicted octanol–water partition coefficient (Wildman–Crippen LogP) is 1.65. The van der Waals surface area contributed by atoms with Gasteiger partial charge in [-0.3, -0.25) is 10.4 Å². The molecule has 0 aliphatic rings. The number of aliphatic hydroxyl groups excluding tert-OH is 1. The minimum Gasteiger partial charge on any atom is -0.389 e. The number of unbranched alkanes of at least 4 members (excludes halogenated alkanes) is 1. The molecule has 0 bridgehead atoms. The summed E-state index contributed by atoms with van der Waals surface area (Å²) in [4.78, 5) is 0. The topological polar surface area (TPSA) is 44.7 Å². The Morgan fingerprint density at radius 1 is 1.24 bits per heavy atom. The Bertz CT molecular complexity index is 165. The Labute approximate surface area is 106 Å². The van der Waals surface area contributed by atoms with Gasteiger partial charge in [0, 0.05) is 27.2 Å². The highest BCUT2D eigenvalue weighted by Crippen LogP contribution is 2.12. The van der Waals surface area contributed by atoms with Gasteiger partial charge in [0.15, 0.2) is 0 Å². The number of hydrazine groups is 1. The number of aliphatic hydroxyl groups is 1. The highest BCUT2D eigenvalue weighted by molar-refractivity contribution is 4.59. The number of rotatable bonds is 11. The van der Waals surface area contributed by atoms with Crippen molar-refractivity contribution in [3.05, 3.63) is 0 Å². The lowest BCUT2D eigenvalue weighted by Crippen LogP contribution is -2.38. The molecule has 0 aliphatic carbocycles. The van der Waals surface area contributed by atoms with Gasteiger partial charge in [0.2, 0.25) is 0 Å². The average molecular weight is 246 g/mol. The van der Waals surface area contributed by atoms with E-state index in [0.717, 1.165) is 13.0 Å². The van der Waals surface area contributed by atoms with E-state index in [4.69, 9.17) is 4.74 Å². The van der Waals surface area contributed by atoms with Crippen molar-refractivity contribution in [2.45, 2.75) is 45.6 Å². The van der Waals surface area contributed by atoms with E-state index in [9.17, 15) is 5.11 Å². The van der Waals surface area contributed by atoms with Gasteiger partial charge in [0.25, 0.3) is 0 Å². The van der Waals surface area contributed by atoms with Gasteiger partial charge in [0.1, 0.15) is 0 Å². The second-order valence-corrected chi connectivity index (χ2v) is 4.86. The van der Waals surface area contributed by atoms with Gasteiger partial charge in [-0.05, 0) is 12.3 Å². The number of nitrogens with zero attached hydrogens (tertiary/aromatic N) is 1. The zero-order valence-electron chi connectivity index (χ0n) is 11.9. The van der Waals surface area contributed by atoms with Gasteiger partial charge < -0.3 is 9.84 Å². The first-order valence-electron chi connectivity index (χ1n) is 6.76. The molecule has 2 unspecified atom stereocenters. The summed E-state index contributed by atoms with van der Waals surface area (Å²) in [5, 5.41) is 11.5. The molecule has 4 heteroatoms. The van der Waals surface area contributed by atoms with E-state index in [-0.39, 0.29) is 0 Å². The van der Waals surface area contributed by atoms with E-state index >= 15 is 0 Å². The van der Waals surface area contributed by atoms with Gasteiger partial charge in [0.05, 0.1) is 12.7 Å². The van der Waals surface area contributed by atoms with Crippen LogP contribution < -0.4 is 5.43 Å². The molecule has 0 heterocycles. The molecule has 2 atom stereocenters. The highest BCUT2D eigenvalue weighted by Gasteiger charge is 2.08. The first-order chi connectivity index (χ1) is 8.10. The summed E-state index contributed by atoms with van der Waals surface area (Å²) in [5.41, 5.74) is 3.03. The highest BCUT2D eigenvalue weighted by atomic mass is 16.5. The SMILES string of the molecule is CCCCC(CC)COCC(O)CNN(C)C. The van der Waals surface area contributed by atoms with Crippen molar-refractivity contribution in [3.8, 4) is 0 Å². The van der Waals surface area contributed by atoms with Crippen molar-refractivity contribution in [1.29, 1.82) is 0 Å². The Morgan fingerprint density at radius 3 is 2.47 bits per heavy atom. The molecule has 4 nitrogen and oxygen atoms in total. The fourth-order valence-electron chi connectivity index (χ4n) is 1.62. The number of hydrogen-bond donors (Lipinski definition) is 2. The van der Waals surface area contributed by atoms with Crippen molar-refractivity contribution in [3.63, 3.8) is 0 Å². The lowest BCUT2D eigenvalue weighted by molar-refractivity contribution is 0.0129. The van der Waals surface area contributed by atoms with Crippen LogP contribution in [0.3, 0.4) is 0 Å². The van der Waals surface area contributed by atoms with E-state index in [0.29, 0.717) is 19.1 Å². The second-order valence-electron chi connectivity index (χ2n) is 4.86. The maximum absolute atomic E-state index is 9.65. The lowest BCUT2D eigenvalue weighted by Gasteiger charge is -2.18. The summed E-state index contributed by atoms with van der Waals surface area (Å²) in [6.45, 7) is 6.15. The molecule has 0 saturated heterocycles. The van der Waals surface area contributed by atoms with Crippen molar-refractivity contribution in [1.82, 2.24) is 10.4 Å². The third kappa shape index (κ3) is 10.7. The molecule has 0 amide bonds. The van der Waals surface area contributed by atoms with Crippen molar-refractivity contribution >= 4 is 0 Å². The van der Waals surface area contributed by atoms with Crippen LogP contribution >= 0.6 is 0 Å². The van der Waals surface area contributed by atoms with E-state index in [1.54, 1.807) is 0 Å². The molecular weight excluding hydrogens is 216 g/mol. The Balaban J connectivity index is 3.51. The molecule has 2 N–H and O–H groups in total. The summed E-state index contributed by atoms with van der Waals surface area (Å²) < 4.78 is 5.57. The molecule has 0 saturated carbocycles. The van der Waals surface area contributed by atoms with Crippen molar-refractivity contribution < 1.29 is 9.84 Å². The third-order valence-electron chi connectivity index (χ3n) is 2.85. The lowest BCUT2D eigenvalue weighted by atomic mass is 10.0. The van der Waals surface area contributed by atoms with Crippen LogP contribution in [0.5, 0.6) is 0 Å². The van der Waals surface area contributed by atoms with Crippen LogP contribution in [0.2, 0.25) is 0 Å². The second kappa shape index (κ2) is 11.0. The van der Waals surface area contributed by atoms with Crippen LogP contribution in [-0.4, -0.2) is 50.1 Å². The Hall–Kier alpha value is -0.160. The minimum atomic E-state index is -0.430.